The maximum Gasteiger partial charge on any atom is 0.191 e. The van der Waals surface area contributed by atoms with Crippen molar-refractivity contribution in [2.24, 2.45) is 4.99 Å². The first-order chi connectivity index (χ1) is 9.81. The van der Waals surface area contributed by atoms with Crippen LogP contribution in [0.25, 0.3) is 0 Å². The van der Waals surface area contributed by atoms with E-state index in [1.54, 1.807) is 7.11 Å². The van der Waals surface area contributed by atoms with Crippen LogP contribution >= 0.6 is 24.0 Å². The van der Waals surface area contributed by atoms with Gasteiger partial charge in [0, 0.05) is 19.6 Å². The van der Waals surface area contributed by atoms with Gasteiger partial charge in [0.15, 0.2) is 5.96 Å². The summed E-state index contributed by atoms with van der Waals surface area (Å²) in [6.45, 7) is 0.888. The van der Waals surface area contributed by atoms with E-state index in [4.69, 9.17) is 4.74 Å². The SMILES string of the molecule is CN=C(NCCc1ccc(OC)cc1)NC1CCCC1.I. The average molecular weight is 403 g/mol. The van der Waals surface area contributed by atoms with Crippen molar-refractivity contribution in [1.82, 2.24) is 10.6 Å². The predicted octanol–water partition coefficient (Wildman–Crippen LogP) is 2.96. The van der Waals surface area contributed by atoms with Crippen molar-refractivity contribution < 1.29 is 4.74 Å². The van der Waals surface area contributed by atoms with Crippen LogP contribution in [0.5, 0.6) is 5.75 Å². The van der Waals surface area contributed by atoms with Gasteiger partial charge < -0.3 is 15.4 Å². The number of aliphatic imine (C=N–C) groups is 1. The maximum absolute atomic E-state index is 5.16. The van der Waals surface area contributed by atoms with Crippen LogP contribution in [-0.2, 0) is 6.42 Å². The molecule has 1 aliphatic rings. The van der Waals surface area contributed by atoms with Crippen LogP contribution in [0.3, 0.4) is 0 Å². The van der Waals surface area contributed by atoms with Gasteiger partial charge in [-0.2, -0.15) is 0 Å². The number of guanidine groups is 1. The number of ether oxygens (including phenoxy) is 1. The van der Waals surface area contributed by atoms with Crippen LogP contribution < -0.4 is 15.4 Å². The van der Waals surface area contributed by atoms with E-state index in [1.807, 2.05) is 19.2 Å². The third kappa shape index (κ3) is 6.11. The highest BCUT2D eigenvalue weighted by atomic mass is 127. The molecule has 1 aromatic rings. The molecule has 4 nitrogen and oxygen atoms in total. The molecule has 0 unspecified atom stereocenters. The third-order valence-electron chi connectivity index (χ3n) is 3.78. The molecule has 1 aromatic carbocycles. The minimum atomic E-state index is 0. The molecule has 0 aromatic heterocycles. The van der Waals surface area contributed by atoms with E-state index in [2.05, 4.69) is 27.8 Å². The van der Waals surface area contributed by atoms with Gasteiger partial charge in [-0.05, 0) is 37.0 Å². The van der Waals surface area contributed by atoms with Crippen LogP contribution in [0.15, 0.2) is 29.3 Å². The van der Waals surface area contributed by atoms with Gasteiger partial charge in [-0.3, -0.25) is 4.99 Å². The molecule has 0 atom stereocenters. The van der Waals surface area contributed by atoms with Gasteiger partial charge in [-0.15, -0.1) is 24.0 Å². The third-order valence-corrected chi connectivity index (χ3v) is 3.78. The molecule has 0 aliphatic heterocycles. The molecule has 0 saturated heterocycles. The van der Waals surface area contributed by atoms with Gasteiger partial charge in [0.05, 0.1) is 7.11 Å². The Balaban J connectivity index is 0.00000220. The zero-order valence-electron chi connectivity index (χ0n) is 12.9. The standard InChI is InChI=1S/C16H25N3O.HI/c1-17-16(19-14-5-3-4-6-14)18-12-11-13-7-9-15(20-2)10-8-13;/h7-10,14H,3-6,11-12H2,1-2H3,(H2,17,18,19);1H. The lowest BCUT2D eigenvalue weighted by atomic mass is 10.1. The van der Waals surface area contributed by atoms with Crippen molar-refractivity contribution in [3.63, 3.8) is 0 Å². The number of hydrogen-bond donors (Lipinski definition) is 2. The van der Waals surface area contributed by atoms with E-state index in [0.717, 1.165) is 24.7 Å². The van der Waals surface area contributed by atoms with Crippen molar-refractivity contribution in [3.05, 3.63) is 29.8 Å². The summed E-state index contributed by atoms with van der Waals surface area (Å²) >= 11 is 0. The molecule has 0 radical (unpaired) electrons. The van der Waals surface area contributed by atoms with E-state index < -0.39 is 0 Å². The van der Waals surface area contributed by atoms with Gasteiger partial charge in [-0.25, -0.2) is 0 Å². The average Bonchev–Trinajstić information content (AvgIpc) is 3.00. The zero-order valence-corrected chi connectivity index (χ0v) is 15.2. The largest absolute Gasteiger partial charge is 0.497 e. The second kappa shape index (κ2) is 9.87. The van der Waals surface area contributed by atoms with E-state index in [9.17, 15) is 0 Å². The summed E-state index contributed by atoms with van der Waals surface area (Å²) in [5.74, 6) is 1.82. The van der Waals surface area contributed by atoms with Crippen LogP contribution in [0.2, 0.25) is 0 Å². The van der Waals surface area contributed by atoms with E-state index in [1.165, 1.54) is 31.2 Å². The lowest BCUT2D eigenvalue weighted by Gasteiger charge is -2.16. The topological polar surface area (TPSA) is 45.7 Å². The number of hydrogen-bond acceptors (Lipinski definition) is 2. The van der Waals surface area contributed by atoms with Crippen molar-refractivity contribution in [3.8, 4) is 5.75 Å². The second-order valence-electron chi connectivity index (χ2n) is 5.22. The summed E-state index contributed by atoms with van der Waals surface area (Å²) in [7, 11) is 3.52. The Hall–Kier alpha value is -0.980. The molecule has 2 N–H and O–H groups in total. The Morgan fingerprint density at radius 3 is 2.48 bits per heavy atom. The van der Waals surface area contributed by atoms with Crippen LogP contribution in [0, 0.1) is 0 Å². The molecule has 0 bridgehead atoms. The number of methoxy groups -OCH3 is 1. The summed E-state index contributed by atoms with van der Waals surface area (Å²) in [5.41, 5.74) is 1.30. The first-order valence-corrected chi connectivity index (χ1v) is 7.42. The van der Waals surface area contributed by atoms with Crippen LogP contribution in [-0.4, -0.2) is 32.7 Å². The Kier molecular flexibility index (Phi) is 8.49. The molecule has 0 spiro atoms. The molecular formula is C16H26IN3O. The van der Waals surface area contributed by atoms with Crippen LogP contribution in [0.1, 0.15) is 31.2 Å². The number of benzene rings is 1. The second-order valence-corrected chi connectivity index (χ2v) is 5.22. The van der Waals surface area contributed by atoms with E-state index in [-0.39, 0.29) is 24.0 Å². The zero-order chi connectivity index (χ0) is 14.2. The fraction of sp³-hybridized carbons (Fsp3) is 0.562. The molecule has 2 rings (SSSR count). The number of rotatable bonds is 5. The van der Waals surface area contributed by atoms with Gasteiger partial charge >= 0.3 is 0 Å². The molecular weight excluding hydrogens is 377 g/mol. The Bertz CT molecular complexity index is 428. The Morgan fingerprint density at radius 2 is 1.90 bits per heavy atom. The number of halogens is 1. The smallest absolute Gasteiger partial charge is 0.191 e. The monoisotopic (exact) mass is 403 g/mol. The van der Waals surface area contributed by atoms with E-state index >= 15 is 0 Å². The van der Waals surface area contributed by atoms with Crippen molar-refractivity contribution >= 4 is 29.9 Å². The minimum Gasteiger partial charge on any atom is -0.497 e. The lowest BCUT2D eigenvalue weighted by Crippen LogP contribution is -2.42. The predicted molar refractivity (Wildman–Crippen MR) is 98.9 cm³/mol. The van der Waals surface area contributed by atoms with Gasteiger partial charge in [-0.1, -0.05) is 25.0 Å². The first kappa shape index (κ1) is 18.1. The maximum atomic E-state index is 5.16. The lowest BCUT2D eigenvalue weighted by molar-refractivity contribution is 0.414. The summed E-state index contributed by atoms with van der Waals surface area (Å²) in [6.07, 6.45) is 6.18. The van der Waals surface area contributed by atoms with Crippen LogP contribution in [0.4, 0.5) is 0 Å². The fourth-order valence-corrected chi connectivity index (χ4v) is 2.58. The quantitative estimate of drug-likeness (QED) is 0.452. The van der Waals surface area contributed by atoms with Crippen molar-refractivity contribution in [1.29, 1.82) is 0 Å². The van der Waals surface area contributed by atoms with E-state index in [0.29, 0.717) is 6.04 Å². The van der Waals surface area contributed by atoms with Gasteiger partial charge in [0.2, 0.25) is 0 Å². The Labute approximate surface area is 144 Å². The summed E-state index contributed by atoms with van der Waals surface area (Å²) in [5, 5.41) is 6.87. The van der Waals surface area contributed by atoms with Crippen molar-refractivity contribution in [2.75, 3.05) is 20.7 Å². The number of nitrogens with one attached hydrogen (secondary N) is 2. The highest BCUT2D eigenvalue weighted by Crippen LogP contribution is 2.17. The first-order valence-electron chi connectivity index (χ1n) is 7.42. The van der Waals surface area contributed by atoms with Gasteiger partial charge in [0.25, 0.3) is 0 Å². The molecule has 21 heavy (non-hydrogen) atoms. The molecule has 1 fully saturated rings. The fourth-order valence-electron chi connectivity index (χ4n) is 2.58. The summed E-state index contributed by atoms with van der Waals surface area (Å²) in [6, 6.07) is 8.81. The van der Waals surface area contributed by atoms with Gasteiger partial charge in [0.1, 0.15) is 5.75 Å². The normalized spacial score (nSPS) is 15.4. The molecule has 5 heteroatoms. The Morgan fingerprint density at radius 1 is 1.24 bits per heavy atom. The molecule has 1 saturated carbocycles. The summed E-state index contributed by atoms with van der Waals surface area (Å²) < 4.78 is 5.16. The molecule has 0 amide bonds. The number of nitrogens with zero attached hydrogens (tertiary/aromatic N) is 1. The molecule has 1 aliphatic carbocycles. The molecule has 0 heterocycles. The highest BCUT2D eigenvalue weighted by Gasteiger charge is 2.15. The minimum absolute atomic E-state index is 0. The summed E-state index contributed by atoms with van der Waals surface area (Å²) in [4.78, 5) is 4.28. The highest BCUT2D eigenvalue weighted by molar-refractivity contribution is 14.0. The van der Waals surface area contributed by atoms with Crippen molar-refractivity contribution in [2.45, 2.75) is 38.1 Å². The molecule has 118 valence electrons.